The molecule has 0 spiro atoms. The Kier molecular flexibility index (Phi) is 3.48. The molecule has 2 aromatic rings. The number of phenolic OH excluding ortho intramolecular Hbond substituents is 2. The molecule has 0 saturated heterocycles. The maximum atomic E-state index is 11.8. The highest BCUT2D eigenvalue weighted by molar-refractivity contribution is 5.94. The third kappa shape index (κ3) is 2.79. The van der Waals surface area contributed by atoms with E-state index in [2.05, 4.69) is 5.32 Å². The smallest absolute Gasteiger partial charge is 0.251 e. The first kappa shape index (κ1) is 12.0. The van der Waals surface area contributed by atoms with Crippen LogP contribution in [0.3, 0.4) is 0 Å². The lowest BCUT2D eigenvalue weighted by molar-refractivity contribution is 0.0950. The van der Waals surface area contributed by atoms with Gasteiger partial charge >= 0.3 is 0 Å². The fourth-order valence-electron chi connectivity index (χ4n) is 1.54. The molecule has 0 heterocycles. The molecule has 4 heteroatoms. The molecule has 92 valence electrons. The van der Waals surface area contributed by atoms with Gasteiger partial charge in [0, 0.05) is 12.1 Å². The highest BCUT2D eigenvalue weighted by atomic mass is 16.3. The van der Waals surface area contributed by atoms with Crippen LogP contribution in [0, 0.1) is 0 Å². The molecule has 0 unspecified atom stereocenters. The Balaban J connectivity index is 2.02. The van der Waals surface area contributed by atoms with Gasteiger partial charge in [-0.05, 0) is 23.8 Å². The second-order valence-corrected chi connectivity index (χ2v) is 3.87. The van der Waals surface area contributed by atoms with E-state index in [0.29, 0.717) is 12.1 Å². The van der Waals surface area contributed by atoms with Gasteiger partial charge in [-0.2, -0.15) is 0 Å². The summed E-state index contributed by atoms with van der Waals surface area (Å²) in [6.45, 7) is 0.418. The summed E-state index contributed by atoms with van der Waals surface area (Å²) in [5.74, 6) is -0.842. The van der Waals surface area contributed by atoms with Gasteiger partial charge in [0.15, 0.2) is 11.5 Å². The molecule has 0 aromatic heterocycles. The minimum Gasteiger partial charge on any atom is -0.504 e. The molecule has 3 N–H and O–H groups in total. The van der Waals surface area contributed by atoms with Crippen LogP contribution in [-0.4, -0.2) is 16.1 Å². The van der Waals surface area contributed by atoms with E-state index in [0.717, 1.165) is 5.56 Å². The summed E-state index contributed by atoms with van der Waals surface area (Å²) in [5, 5.41) is 21.2. The van der Waals surface area contributed by atoms with Gasteiger partial charge in [-0.25, -0.2) is 0 Å². The van der Waals surface area contributed by atoms with Crippen LogP contribution in [0.25, 0.3) is 0 Å². The molecule has 0 radical (unpaired) electrons. The van der Waals surface area contributed by atoms with Crippen molar-refractivity contribution in [1.29, 1.82) is 0 Å². The molecule has 1 amide bonds. The Labute approximate surface area is 105 Å². The van der Waals surface area contributed by atoms with Crippen LogP contribution in [0.1, 0.15) is 15.9 Å². The first-order valence-electron chi connectivity index (χ1n) is 5.51. The van der Waals surface area contributed by atoms with E-state index in [-0.39, 0.29) is 17.4 Å². The Bertz CT molecular complexity index is 552. The Morgan fingerprint density at radius 3 is 2.39 bits per heavy atom. The first-order chi connectivity index (χ1) is 8.66. The molecule has 4 nitrogen and oxygen atoms in total. The summed E-state index contributed by atoms with van der Waals surface area (Å²) < 4.78 is 0. The van der Waals surface area contributed by atoms with E-state index in [1.54, 1.807) is 0 Å². The molecule has 2 rings (SSSR count). The molecule has 0 aliphatic rings. The molecule has 2 aromatic carbocycles. The third-order valence-corrected chi connectivity index (χ3v) is 2.53. The predicted molar refractivity (Wildman–Crippen MR) is 67.4 cm³/mol. The maximum absolute atomic E-state index is 11.8. The van der Waals surface area contributed by atoms with E-state index in [4.69, 9.17) is 5.11 Å². The van der Waals surface area contributed by atoms with Crippen molar-refractivity contribution in [3.05, 3.63) is 59.7 Å². The first-order valence-corrected chi connectivity index (χ1v) is 5.51. The van der Waals surface area contributed by atoms with Gasteiger partial charge in [0.05, 0.1) is 0 Å². The number of aromatic hydroxyl groups is 2. The molecule has 0 saturated carbocycles. The molecular weight excluding hydrogens is 230 g/mol. The van der Waals surface area contributed by atoms with Crippen molar-refractivity contribution in [2.24, 2.45) is 0 Å². The van der Waals surface area contributed by atoms with E-state index in [1.807, 2.05) is 30.3 Å². The zero-order valence-electron chi connectivity index (χ0n) is 9.63. The molecule has 0 aliphatic heterocycles. The summed E-state index contributed by atoms with van der Waals surface area (Å²) in [6.07, 6.45) is 0. The van der Waals surface area contributed by atoms with Crippen LogP contribution in [0.5, 0.6) is 11.5 Å². The van der Waals surface area contributed by atoms with Crippen LogP contribution in [0.4, 0.5) is 0 Å². The Morgan fingerprint density at radius 1 is 1.00 bits per heavy atom. The van der Waals surface area contributed by atoms with Gasteiger partial charge in [0.1, 0.15) is 0 Å². The van der Waals surface area contributed by atoms with Crippen molar-refractivity contribution in [2.45, 2.75) is 6.54 Å². The minimum atomic E-state index is -0.303. The van der Waals surface area contributed by atoms with Gasteiger partial charge in [0.2, 0.25) is 0 Å². The fraction of sp³-hybridized carbons (Fsp3) is 0.0714. The monoisotopic (exact) mass is 243 g/mol. The van der Waals surface area contributed by atoms with Crippen LogP contribution < -0.4 is 5.32 Å². The van der Waals surface area contributed by atoms with Crippen molar-refractivity contribution in [1.82, 2.24) is 5.32 Å². The van der Waals surface area contributed by atoms with E-state index < -0.39 is 0 Å². The maximum Gasteiger partial charge on any atom is 0.251 e. The number of amides is 1. The predicted octanol–water partition coefficient (Wildman–Crippen LogP) is 2.03. The highest BCUT2D eigenvalue weighted by Crippen LogP contribution is 2.24. The van der Waals surface area contributed by atoms with Crippen molar-refractivity contribution >= 4 is 5.91 Å². The van der Waals surface area contributed by atoms with Crippen molar-refractivity contribution in [2.75, 3.05) is 0 Å². The average Bonchev–Trinajstić information content (AvgIpc) is 2.40. The van der Waals surface area contributed by atoms with Crippen LogP contribution in [-0.2, 0) is 6.54 Å². The van der Waals surface area contributed by atoms with Gasteiger partial charge in [0.25, 0.3) is 5.91 Å². The number of benzene rings is 2. The molecule has 0 atom stereocenters. The lowest BCUT2D eigenvalue weighted by atomic mass is 10.1. The van der Waals surface area contributed by atoms with Gasteiger partial charge in [-0.15, -0.1) is 0 Å². The van der Waals surface area contributed by atoms with Crippen molar-refractivity contribution < 1.29 is 15.0 Å². The van der Waals surface area contributed by atoms with Gasteiger partial charge in [-0.1, -0.05) is 30.3 Å². The topological polar surface area (TPSA) is 69.6 Å². The normalized spacial score (nSPS) is 10.0. The standard InChI is InChI=1S/C14H13NO3/c16-12-7-6-11(8-13(12)17)14(18)15-9-10-4-2-1-3-5-10/h1-8,16-17H,9H2,(H,15,18). The van der Waals surface area contributed by atoms with Gasteiger partial charge < -0.3 is 15.5 Å². The number of carbonyl (C=O) groups is 1. The van der Waals surface area contributed by atoms with Gasteiger partial charge in [-0.3, -0.25) is 4.79 Å². The summed E-state index contributed by atoms with van der Waals surface area (Å²) in [7, 11) is 0. The number of nitrogens with one attached hydrogen (secondary N) is 1. The molecule has 0 aliphatic carbocycles. The lowest BCUT2D eigenvalue weighted by Crippen LogP contribution is -2.22. The third-order valence-electron chi connectivity index (χ3n) is 2.53. The number of hydrogen-bond acceptors (Lipinski definition) is 3. The fourth-order valence-corrected chi connectivity index (χ4v) is 1.54. The molecule has 0 bridgehead atoms. The number of rotatable bonds is 3. The summed E-state index contributed by atoms with van der Waals surface area (Å²) in [4.78, 5) is 11.8. The quantitative estimate of drug-likeness (QED) is 0.722. The average molecular weight is 243 g/mol. The number of carbonyl (C=O) groups excluding carboxylic acids is 1. The van der Waals surface area contributed by atoms with Crippen molar-refractivity contribution in [3.8, 4) is 11.5 Å². The lowest BCUT2D eigenvalue weighted by Gasteiger charge is -2.06. The largest absolute Gasteiger partial charge is 0.504 e. The number of phenols is 2. The SMILES string of the molecule is O=C(NCc1ccccc1)c1ccc(O)c(O)c1. The highest BCUT2D eigenvalue weighted by Gasteiger charge is 2.08. The van der Waals surface area contributed by atoms with E-state index >= 15 is 0 Å². The zero-order valence-corrected chi connectivity index (χ0v) is 9.63. The summed E-state index contributed by atoms with van der Waals surface area (Å²) in [5.41, 5.74) is 1.30. The Morgan fingerprint density at radius 2 is 1.72 bits per heavy atom. The molecule has 0 fully saturated rings. The second kappa shape index (κ2) is 5.23. The summed E-state index contributed by atoms with van der Waals surface area (Å²) >= 11 is 0. The van der Waals surface area contributed by atoms with E-state index in [9.17, 15) is 9.90 Å². The minimum absolute atomic E-state index is 0.241. The Hall–Kier alpha value is -2.49. The zero-order chi connectivity index (χ0) is 13.0. The molecular formula is C14H13NO3. The summed E-state index contributed by atoms with van der Waals surface area (Å²) in [6, 6.07) is 13.5. The van der Waals surface area contributed by atoms with Crippen LogP contribution >= 0.6 is 0 Å². The second-order valence-electron chi connectivity index (χ2n) is 3.87. The van der Waals surface area contributed by atoms with Crippen LogP contribution in [0.15, 0.2) is 48.5 Å². The molecule has 18 heavy (non-hydrogen) atoms. The van der Waals surface area contributed by atoms with Crippen LogP contribution in [0.2, 0.25) is 0 Å². The number of hydrogen-bond donors (Lipinski definition) is 3. The van der Waals surface area contributed by atoms with Crippen molar-refractivity contribution in [3.63, 3.8) is 0 Å². The van der Waals surface area contributed by atoms with E-state index in [1.165, 1.54) is 18.2 Å².